The zero-order valence-corrected chi connectivity index (χ0v) is 7.06. The van der Waals surface area contributed by atoms with Gasteiger partial charge in [0.1, 0.15) is 0 Å². The molecule has 0 radical (unpaired) electrons. The first-order valence-electron chi connectivity index (χ1n) is 3.65. The third kappa shape index (κ3) is 1.57. The van der Waals surface area contributed by atoms with Crippen molar-refractivity contribution < 1.29 is 4.79 Å². The number of rotatable bonds is 2. The highest BCUT2D eigenvalue weighted by Crippen LogP contribution is 2.07. The van der Waals surface area contributed by atoms with Crippen LogP contribution in [0.5, 0.6) is 0 Å². The Bertz CT molecular complexity index is 391. The fourth-order valence-electron chi connectivity index (χ4n) is 1.01. The Morgan fingerprint density at radius 3 is 2.54 bits per heavy atom. The van der Waals surface area contributed by atoms with Crippen molar-refractivity contribution in [1.29, 1.82) is 10.5 Å². The minimum Gasteiger partial charge on any atom is -0.348 e. The SMILES string of the molecule is Cn1cccc1C(=O)C(C#N)C#N. The summed E-state index contributed by atoms with van der Waals surface area (Å²) in [6, 6.07) is 6.57. The van der Waals surface area contributed by atoms with E-state index in [1.807, 2.05) is 0 Å². The molecule has 0 spiro atoms. The zero-order valence-electron chi connectivity index (χ0n) is 7.06. The van der Waals surface area contributed by atoms with E-state index in [0.29, 0.717) is 5.69 Å². The summed E-state index contributed by atoms with van der Waals surface area (Å²) in [7, 11) is 1.69. The maximum absolute atomic E-state index is 11.4. The van der Waals surface area contributed by atoms with Crippen molar-refractivity contribution >= 4 is 5.78 Å². The Labute approximate surface area is 75.6 Å². The first kappa shape index (κ1) is 9.02. The normalized spacial score (nSPS) is 9.23. The van der Waals surface area contributed by atoms with E-state index in [0.717, 1.165) is 0 Å². The lowest BCUT2D eigenvalue weighted by Gasteiger charge is -2.00. The van der Waals surface area contributed by atoms with Crippen LogP contribution >= 0.6 is 0 Å². The molecule has 4 heteroatoms. The summed E-state index contributed by atoms with van der Waals surface area (Å²) in [4.78, 5) is 11.4. The van der Waals surface area contributed by atoms with Gasteiger partial charge in [0.2, 0.25) is 5.78 Å². The van der Waals surface area contributed by atoms with Crippen LogP contribution < -0.4 is 0 Å². The molecule has 0 bridgehead atoms. The van der Waals surface area contributed by atoms with Gasteiger partial charge in [-0.05, 0) is 12.1 Å². The van der Waals surface area contributed by atoms with Gasteiger partial charge in [-0.3, -0.25) is 4.79 Å². The molecule has 0 aliphatic heterocycles. The number of aryl methyl sites for hydroxylation is 1. The van der Waals surface area contributed by atoms with Crippen molar-refractivity contribution in [2.45, 2.75) is 0 Å². The van der Waals surface area contributed by atoms with E-state index in [9.17, 15) is 4.79 Å². The summed E-state index contributed by atoms with van der Waals surface area (Å²) in [5.41, 5.74) is 0.383. The molecule has 64 valence electrons. The van der Waals surface area contributed by atoms with Crippen LogP contribution in [0.15, 0.2) is 18.3 Å². The smallest absolute Gasteiger partial charge is 0.210 e. The lowest BCUT2D eigenvalue weighted by atomic mass is 10.1. The minimum atomic E-state index is -1.20. The third-order valence-electron chi connectivity index (χ3n) is 1.72. The Morgan fingerprint density at radius 2 is 2.15 bits per heavy atom. The second-order valence-electron chi connectivity index (χ2n) is 2.56. The van der Waals surface area contributed by atoms with Gasteiger partial charge in [0.25, 0.3) is 0 Å². The lowest BCUT2D eigenvalue weighted by molar-refractivity contribution is 0.0963. The van der Waals surface area contributed by atoms with Gasteiger partial charge in [0.05, 0.1) is 17.8 Å². The van der Waals surface area contributed by atoms with Crippen molar-refractivity contribution in [3.63, 3.8) is 0 Å². The Hall–Kier alpha value is -2.07. The molecule has 1 heterocycles. The molecule has 0 saturated carbocycles. The number of ketones is 1. The summed E-state index contributed by atoms with van der Waals surface area (Å²) >= 11 is 0. The highest BCUT2D eigenvalue weighted by Gasteiger charge is 2.20. The molecule has 0 amide bonds. The molecule has 1 aromatic rings. The molecular weight excluding hydrogens is 166 g/mol. The monoisotopic (exact) mass is 173 g/mol. The van der Waals surface area contributed by atoms with Gasteiger partial charge in [-0.2, -0.15) is 10.5 Å². The highest BCUT2D eigenvalue weighted by molar-refractivity contribution is 5.99. The quantitative estimate of drug-likeness (QED) is 0.623. The molecule has 0 aromatic carbocycles. The predicted molar refractivity (Wildman–Crippen MR) is 44.5 cm³/mol. The summed E-state index contributed by atoms with van der Waals surface area (Å²) in [6.07, 6.45) is 1.69. The Morgan fingerprint density at radius 1 is 1.54 bits per heavy atom. The predicted octanol–water partition coefficient (Wildman–Crippen LogP) is 0.871. The van der Waals surface area contributed by atoms with Crippen LogP contribution in [0.4, 0.5) is 0 Å². The lowest BCUT2D eigenvalue weighted by Crippen LogP contribution is -2.14. The summed E-state index contributed by atoms with van der Waals surface area (Å²) in [5, 5.41) is 17.0. The van der Waals surface area contributed by atoms with Crippen molar-refractivity contribution in [1.82, 2.24) is 4.57 Å². The van der Waals surface area contributed by atoms with Crippen LogP contribution in [-0.2, 0) is 7.05 Å². The maximum atomic E-state index is 11.4. The standard InChI is InChI=1S/C9H7N3O/c1-12-4-2-3-8(12)9(13)7(5-10)6-11/h2-4,7H,1H3. The van der Waals surface area contributed by atoms with Crippen LogP contribution in [0.2, 0.25) is 0 Å². The molecule has 0 unspecified atom stereocenters. The van der Waals surface area contributed by atoms with Crippen LogP contribution in [-0.4, -0.2) is 10.4 Å². The molecule has 0 N–H and O–H groups in total. The first-order chi connectivity index (χ1) is 6.20. The number of hydrogen-bond acceptors (Lipinski definition) is 3. The van der Waals surface area contributed by atoms with Gasteiger partial charge in [0.15, 0.2) is 5.92 Å². The molecule has 4 nitrogen and oxygen atoms in total. The minimum absolute atomic E-state index is 0.383. The molecule has 0 saturated heterocycles. The summed E-state index contributed by atoms with van der Waals surface area (Å²) in [5.74, 6) is -1.65. The number of nitrogens with zero attached hydrogens (tertiary/aromatic N) is 3. The summed E-state index contributed by atoms with van der Waals surface area (Å²) in [6.45, 7) is 0. The molecular formula is C9H7N3O. The molecule has 0 atom stereocenters. The first-order valence-corrected chi connectivity index (χ1v) is 3.65. The van der Waals surface area contributed by atoms with Crippen LogP contribution in [0.25, 0.3) is 0 Å². The highest BCUT2D eigenvalue weighted by atomic mass is 16.1. The number of carbonyl (C=O) groups is 1. The third-order valence-corrected chi connectivity index (χ3v) is 1.72. The van der Waals surface area contributed by atoms with E-state index in [-0.39, 0.29) is 0 Å². The van der Waals surface area contributed by atoms with Crippen molar-refractivity contribution in [3.8, 4) is 12.1 Å². The Kier molecular flexibility index (Phi) is 2.47. The Balaban J connectivity index is 3.01. The van der Waals surface area contributed by atoms with Gasteiger partial charge in [-0.25, -0.2) is 0 Å². The summed E-state index contributed by atoms with van der Waals surface area (Å²) < 4.78 is 1.59. The van der Waals surface area contributed by atoms with E-state index in [4.69, 9.17) is 10.5 Å². The molecule has 1 aromatic heterocycles. The van der Waals surface area contributed by atoms with E-state index >= 15 is 0 Å². The van der Waals surface area contributed by atoms with Crippen molar-refractivity contribution in [2.75, 3.05) is 0 Å². The van der Waals surface area contributed by atoms with Gasteiger partial charge in [-0.15, -0.1) is 0 Å². The fourth-order valence-corrected chi connectivity index (χ4v) is 1.01. The van der Waals surface area contributed by atoms with Gasteiger partial charge in [-0.1, -0.05) is 0 Å². The topological polar surface area (TPSA) is 69.6 Å². The van der Waals surface area contributed by atoms with Gasteiger partial charge < -0.3 is 4.57 Å². The molecule has 0 fully saturated rings. The second kappa shape index (κ2) is 3.55. The van der Waals surface area contributed by atoms with Crippen molar-refractivity contribution in [2.24, 2.45) is 13.0 Å². The van der Waals surface area contributed by atoms with E-state index < -0.39 is 11.7 Å². The number of aromatic nitrogens is 1. The van der Waals surface area contributed by atoms with Crippen LogP contribution in [0.1, 0.15) is 10.5 Å². The van der Waals surface area contributed by atoms with Crippen LogP contribution in [0, 0.1) is 28.6 Å². The van der Waals surface area contributed by atoms with Crippen molar-refractivity contribution in [3.05, 3.63) is 24.0 Å². The molecule has 0 aliphatic carbocycles. The van der Waals surface area contributed by atoms with Gasteiger partial charge in [0, 0.05) is 13.2 Å². The average molecular weight is 173 g/mol. The average Bonchev–Trinajstić information content (AvgIpc) is 2.53. The van der Waals surface area contributed by atoms with E-state index in [2.05, 4.69) is 0 Å². The fraction of sp³-hybridized carbons (Fsp3) is 0.222. The van der Waals surface area contributed by atoms with Gasteiger partial charge >= 0.3 is 0 Å². The molecule has 1 rings (SSSR count). The number of carbonyl (C=O) groups excluding carboxylic acids is 1. The number of hydrogen-bond donors (Lipinski definition) is 0. The second-order valence-corrected chi connectivity index (χ2v) is 2.56. The van der Waals surface area contributed by atoms with E-state index in [1.165, 1.54) is 0 Å². The molecule has 13 heavy (non-hydrogen) atoms. The maximum Gasteiger partial charge on any atom is 0.210 e. The zero-order chi connectivity index (χ0) is 9.84. The molecule has 0 aliphatic rings. The largest absolute Gasteiger partial charge is 0.348 e. The van der Waals surface area contributed by atoms with E-state index in [1.54, 1.807) is 42.1 Å². The number of Topliss-reactive ketones (excluding diaryl/α,β-unsaturated/α-hetero) is 1. The van der Waals surface area contributed by atoms with Crippen LogP contribution in [0.3, 0.4) is 0 Å². The number of nitriles is 2.